The van der Waals surface area contributed by atoms with E-state index in [-0.39, 0.29) is 11.9 Å². The molecule has 0 saturated carbocycles. The number of ether oxygens (including phenoxy) is 2. The molecule has 0 saturated heterocycles. The maximum atomic E-state index is 12.5. The molecule has 0 aromatic heterocycles. The first-order valence-electron chi connectivity index (χ1n) is 9.35. The van der Waals surface area contributed by atoms with Crippen molar-refractivity contribution in [1.82, 2.24) is 5.32 Å². The molecule has 148 valence electrons. The fourth-order valence-corrected chi connectivity index (χ4v) is 3.27. The third-order valence-corrected chi connectivity index (χ3v) is 4.74. The Bertz CT molecular complexity index is 875. The zero-order valence-corrected chi connectivity index (χ0v) is 16.8. The Hall–Kier alpha value is -2.99. The molecule has 0 bridgehead atoms. The summed E-state index contributed by atoms with van der Waals surface area (Å²) in [6, 6.07) is 12.0. The second-order valence-corrected chi connectivity index (χ2v) is 6.77. The topological polar surface area (TPSA) is 71.6 Å². The first-order valence-corrected chi connectivity index (χ1v) is 9.35. The summed E-state index contributed by atoms with van der Waals surface area (Å²) in [5, 5.41) is 9.47. The number of anilines is 2. The number of hydrogen-bond donors (Lipinski definition) is 3. The van der Waals surface area contributed by atoms with E-state index in [9.17, 15) is 4.79 Å². The summed E-state index contributed by atoms with van der Waals surface area (Å²) >= 11 is 0. The average Bonchev–Trinajstić information content (AvgIpc) is 3.00. The number of nitrogens with one attached hydrogen (secondary N) is 3. The number of carbonyl (C=O) groups is 1. The molecule has 1 atom stereocenters. The molecule has 0 fully saturated rings. The van der Waals surface area contributed by atoms with Gasteiger partial charge in [0.05, 0.1) is 19.9 Å². The predicted octanol–water partition coefficient (Wildman–Crippen LogP) is 3.30. The zero-order valence-electron chi connectivity index (χ0n) is 16.8. The van der Waals surface area contributed by atoms with E-state index < -0.39 is 0 Å². The fourth-order valence-electron chi connectivity index (χ4n) is 3.27. The predicted molar refractivity (Wildman–Crippen MR) is 113 cm³/mol. The van der Waals surface area contributed by atoms with Crippen molar-refractivity contribution < 1.29 is 14.3 Å². The number of fused-ring (bicyclic) bond motifs is 1. The Balaban J connectivity index is 1.77. The van der Waals surface area contributed by atoms with Crippen LogP contribution in [0.5, 0.6) is 11.5 Å². The second-order valence-electron chi connectivity index (χ2n) is 6.77. The second kappa shape index (κ2) is 8.80. The maximum absolute atomic E-state index is 12.5. The van der Waals surface area contributed by atoms with Gasteiger partial charge in [0.25, 0.3) is 5.91 Å². The molecule has 2 aromatic rings. The number of carbonyl (C=O) groups excluding carboxylic acids is 1. The maximum Gasteiger partial charge on any atom is 0.256 e. The van der Waals surface area contributed by atoms with Crippen LogP contribution in [0.3, 0.4) is 0 Å². The Kier molecular flexibility index (Phi) is 6.21. The third-order valence-electron chi connectivity index (χ3n) is 4.74. The van der Waals surface area contributed by atoms with E-state index in [2.05, 4.69) is 40.2 Å². The molecule has 2 aromatic carbocycles. The number of amides is 1. The molecule has 0 aliphatic carbocycles. The molecular formula is C22H27N3O3. The Labute approximate surface area is 165 Å². The molecular weight excluding hydrogens is 354 g/mol. The largest absolute Gasteiger partial charge is 0.493 e. The van der Waals surface area contributed by atoms with Gasteiger partial charge in [-0.05, 0) is 56.8 Å². The first kappa shape index (κ1) is 19.8. The van der Waals surface area contributed by atoms with Crippen molar-refractivity contribution in [2.24, 2.45) is 0 Å². The van der Waals surface area contributed by atoms with Crippen molar-refractivity contribution in [2.45, 2.75) is 19.4 Å². The van der Waals surface area contributed by atoms with E-state index in [1.165, 1.54) is 5.56 Å². The van der Waals surface area contributed by atoms with Gasteiger partial charge < -0.3 is 25.4 Å². The molecule has 0 spiro atoms. The normalized spacial score (nSPS) is 15.1. The van der Waals surface area contributed by atoms with Crippen LogP contribution in [0.1, 0.15) is 18.1 Å². The number of benzene rings is 2. The summed E-state index contributed by atoms with van der Waals surface area (Å²) < 4.78 is 10.7. The van der Waals surface area contributed by atoms with Crippen molar-refractivity contribution in [2.75, 3.05) is 38.4 Å². The Morgan fingerprint density at radius 3 is 2.43 bits per heavy atom. The highest BCUT2D eigenvalue weighted by Gasteiger charge is 2.27. The van der Waals surface area contributed by atoms with Gasteiger partial charge >= 0.3 is 0 Å². The van der Waals surface area contributed by atoms with E-state index in [1.54, 1.807) is 20.3 Å². The lowest BCUT2D eigenvalue weighted by molar-refractivity contribution is -0.110. The highest BCUT2D eigenvalue weighted by atomic mass is 16.5. The summed E-state index contributed by atoms with van der Waals surface area (Å²) in [4.78, 5) is 12.5. The van der Waals surface area contributed by atoms with Gasteiger partial charge in [-0.2, -0.15) is 0 Å². The van der Waals surface area contributed by atoms with E-state index in [0.717, 1.165) is 29.9 Å². The minimum atomic E-state index is -0.124. The van der Waals surface area contributed by atoms with E-state index in [4.69, 9.17) is 9.47 Å². The molecule has 3 N–H and O–H groups in total. The first-order chi connectivity index (χ1) is 13.5. The molecule has 1 aliphatic rings. The minimum absolute atomic E-state index is 0.0250. The van der Waals surface area contributed by atoms with Crippen LogP contribution >= 0.6 is 0 Å². The van der Waals surface area contributed by atoms with Crippen molar-refractivity contribution in [3.05, 3.63) is 53.6 Å². The van der Waals surface area contributed by atoms with Crippen molar-refractivity contribution in [1.29, 1.82) is 0 Å². The number of methoxy groups -OCH3 is 2. The minimum Gasteiger partial charge on any atom is -0.493 e. The van der Waals surface area contributed by atoms with Crippen LogP contribution in [0.2, 0.25) is 0 Å². The molecule has 6 nitrogen and oxygen atoms in total. The van der Waals surface area contributed by atoms with Crippen molar-refractivity contribution in [3.63, 3.8) is 0 Å². The molecule has 3 rings (SSSR count). The van der Waals surface area contributed by atoms with Gasteiger partial charge in [0.15, 0.2) is 11.5 Å². The van der Waals surface area contributed by atoms with Gasteiger partial charge in [0.1, 0.15) is 0 Å². The summed E-state index contributed by atoms with van der Waals surface area (Å²) in [6.45, 7) is 2.98. The van der Waals surface area contributed by atoms with Crippen LogP contribution in [-0.4, -0.2) is 39.8 Å². The smallest absolute Gasteiger partial charge is 0.256 e. The molecule has 28 heavy (non-hydrogen) atoms. The Morgan fingerprint density at radius 2 is 1.79 bits per heavy atom. The Morgan fingerprint density at radius 1 is 1.11 bits per heavy atom. The fraction of sp³-hybridized carbons (Fsp3) is 0.318. The summed E-state index contributed by atoms with van der Waals surface area (Å²) in [5.41, 5.74) is 4.48. The molecule has 6 heteroatoms. The SMILES string of the molecule is CNCCc1ccc(NC(C)C=C2C(=O)Nc3cc(OC)c(OC)cc32)cc1. The molecule has 1 amide bonds. The van der Waals surface area contributed by atoms with Crippen LogP contribution in [0.25, 0.3) is 5.57 Å². The third kappa shape index (κ3) is 4.28. The van der Waals surface area contributed by atoms with Gasteiger partial charge in [-0.15, -0.1) is 0 Å². The summed E-state index contributed by atoms with van der Waals surface area (Å²) in [6.07, 6.45) is 2.93. The zero-order chi connectivity index (χ0) is 20.1. The quantitative estimate of drug-likeness (QED) is 0.612. The van der Waals surface area contributed by atoms with Crippen LogP contribution in [0.4, 0.5) is 11.4 Å². The average molecular weight is 381 g/mol. The standard InChI is InChI=1S/C22H27N3O3/c1-14(24-16-7-5-15(6-8-16)9-10-23-2)11-18-17-12-20(27-3)21(28-4)13-19(17)25-22(18)26/h5-8,11-14,23-24H,9-10H2,1-4H3,(H,25,26). The van der Waals surface area contributed by atoms with Crippen LogP contribution in [0.15, 0.2) is 42.5 Å². The van der Waals surface area contributed by atoms with E-state index in [0.29, 0.717) is 17.1 Å². The van der Waals surface area contributed by atoms with Gasteiger partial charge in [-0.3, -0.25) is 4.79 Å². The summed E-state index contributed by atoms with van der Waals surface area (Å²) in [7, 11) is 5.12. The van der Waals surface area contributed by atoms with Crippen LogP contribution < -0.4 is 25.4 Å². The molecule has 1 heterocycles. The molecule has 1 aliphatic heterocycles. The number of hydrogen-bond acceptors (Lipinski definition) is 5. The highest BCUT2D eigenvalue weighted by molar-refractivity contribution is 6.31. The van der Waals surface area contributed by atoms with Crippen LogP contribution in [-0.2, 0) is 11.2 Å². The van der Waals surface area contributed by atoms with E-state index >= 15 is 0 Å². The summed E-state index contributed by atoms with van der Waals surface area (Å²) in [5.74, 6) is 1.06. The van der Waals surface area contributed by atoms with Crippen LogP contribution in [0, 0.1) is 0 Å². The van der Waals surface area contributed by atoms with Crippen molar-refractivity contribution in [3.8, 4) is 11.5 Å². The van der Waals surface area contributed by atoms with Gasteiger partial charge in [-0.1, -0.05) is 12.1 Å². The lowest BCUT2D eigenvalue weighted by Gasteiger charge is -2.13. The van der Waals surface area contributed by atoms with E-state index in [1.807, 2.05) is 26.1 Å². The van der Waals surface area contributed by atoms with Gasteiger partial charge in [0, 0.05) is 28.9 Å². The van der Waals surface area contributed by atoms with Gasteiger partial charge in [0.2, 0.25) is 0 Å². The monoisotopic (exact) mass is 381 g/mol. The van der Waals surface area contributed by atoms with Crippen molar-refractivity contribution >= 4 is 22.9 Å². The number of likely N-dealkylation sites (N-methyl/N-ethyl adjacent to an activating group) is 1. The lowest BCUT2D eigenvalue weighted by atomic mass is 10.0. The number of rotatable bonds is 8. The highest BCUT2D eigenvalue weighted by Crippen LogP contribution is 2.40. The lowest BCUT2D eigenvalue weighted by Crippen LogP contribution is -2.14. The van der Waals surface area contributed by atoms with Gasteiger partial charge in [-0.25, -0.2) is 0 Å². The molecule has 0 radical (unpaired) electrons. The molecule has 1 unspecified atom stereocenters.